The second-order valence-electron chi connectivity index (χ2n) is 8.08. The number of para-hydroxylation sites is 3. The molecular weight excluding hydrogens is 435 g/mol. The first-order valence-electron chi connectivity index (χ1n) is 10.4. The minimum atomic E-state index is 0. The van der Waals surface area contributed by atoms with Crippen LogP contribution < -0.4 is 15.4 Å². The van der Waals surface area contributed by atoms with Gasteiger partial charge < -0.3 is 19.9 Å². The Balaban J connectivity index is 0.00000136. The summed E-state index contributed by atoms with van der Waals surface area (Å²) in [5.74, 6) is 1.59. The first kappa shape index (κ1) is 23.4. The van der Waals surface area contributed by atoms with Crippen molar-refractivity contribution in [2.45, 2.75) is 57.0 Å². The van der Waals surface area contributed by atoms with E-state index in [1.54, 1.807) is 0 Å². The smallest absolute Gasteiger partial charge is 0.240 e. The first-order valence-corrected chi connectivity index (χ1v) is 10.4. The van der Waals surface area contributed by atoms with Gasteiger partial charge in [0.05, 0.1) is 11.0 Å². The van der Waals surface area contributed by atoms with Crippen molar-refractivity contribution in [2.75, 3.05) is 0 Å². The van der Waals surface area contributed by atoms with Gasteiger partial charge in [-0.3, -0.25) is 4.79 Å². The summed E-state index contributed by atoms with van der Waals surface area (Å²) in [5.41, 5.74) is 1.84. The number of amides is 1. The van der Waals surface area contributed by atoms with Gasteiger partial charge in [-0.25, -0.2) is 4.98 Å². The van der Waals surface area contributed by atoms with E-state index in [1.807, 2.05) is 59.2 Å². The third kappa shape index (κ3) is 5.32. The van der Waals surface area contributed by atoms with Crippen molar-refractivity contribution in [3.05, 3.63) is 60.4 Å². The van der Waals surface area contributed by atoms with Crippen LogP contribution in [0.4, 0.5) is 0 Å². The van der Waals surface area contributed by atoms with Crippen LogP contribution in [0, 0.1) is 0 Å². The number of carbonyl (C=O) groups is 1. The molecule has 2 aromatic carbocycles. The SMILES string of the molecule is Cl.Cl.O=C(Cn1c(COc2ccccc2)nc2ccccc21)NC1CC2CCC(C1)N2. The number of benzene rings is 2. The van der Waals surface area contributed by atoms with E-state index in [1.165, 1.54) is 12.8 Å². The summed E-state index contributed by atoms with van der Waals surface area (Å²) in [7, 11) is 0. The minimum absolute atomic E-state index is 0. The predicted molar refractivity (Wildman–Crippen MR) is 126 cm³/mol. The van der Waals surface area contributed by atoms with E-state index in [2.05, 4.69) is 10.6 Å². The highest BCUT2D eigenvalue weighted by molar-refractivity contribution is 5.85. The van der Waals surface area contributed by atoms with Crippen molar-refractivity contribution in [1.29, 1.82) is 0 Å². The van der Waals surface area contributed by atoms with Crippen LogP contribution >= 0.6 is 24.8 Å². The molecule has 0 aliphatic carbocycles. The van der Waals surface area contributed by atoms with E-state index in [0.717, 1.165) is 35.4 Å². The molecule has 3 aromatic rings. The van der Waals surface area contributed by atoms with Crippen molar-refractivity contribution in [2.24, 2.45) is 0 Å². The topological polar surface area (TPSA) is 68.2 Å². The molecule has 166 valence electrons. The van der Waals surface area contributed by atoms with Gasteiger partial charge in [0.15, 0.2) is 0 Å². The maximum absolute atomic E-state index is 12.9. The Labute approximate surface area is 194 Å². The average Bonchev–Trinajstić information content (AvgIpc) is 3.26. The van der Waals surface area contributed by atoms with Crippen molar-refractivity contribution in [3.8, 4) is 5.75 Å². The largest absolute Gasteiger partial charge is 0.486 e. The van der Waals surface area contributed by atoms with Crippen molar-refractivity contribution in [3.63, 3.8) is 0 Å². The van der Waals surface area contributed by atoms with Gasteiger partial charge in [0.25, 0.3) is 0 Å². The maximum atomic E-state index is 12.9. The number of piperidine rings is 1. The van der Waals surface area contributed by atoms with E-state index in [9.17, 15) is 4.79 Å². The number of halogens is 2. The molecule has 2 N–H and O–H groups in total. The van der Waals surface area contributed by atoms with Crippen molar-refractivity contribution < 1.29 is 9.53 Å². The molecule has 8 heteroatoms. The average molecular weight is 463 g/mol. The molecule has 2 atom stereocenters. The Bertz CT molecular complexity index is 999. The molecule has 2 bridgehead atoms. The number of carbonyl (C=O) groups excluding carboxylic acids is 1. The zero-order chi connectivity index (χ0) is 19.6. The Morgan fingerprint density at radius 1 is 1.03 bits per heavy atom. The Kier molecular flexibility index (Phi) is 7.81. The van der Waals surface area contributed by atoms with E-state index in [0.29, 0.717) is 18.7 Å². The zero-order valence-electron chi connectivity index (χ0n) is 17.2. The van der Waals surface area contributed by atoms with Crippen molar-refractivity contribution >= 4 is 41.8 Å². The number of ether oxygens (including phenoxy) is 1. The Morgan fingerprint density at radius 3 is 2.45 bits per heavy atom. The van der Waals surface area contributed by atoms with Crippen LogP contribution in [0.5, 0.6) is 5.75 Å². The molecule has 3 heterocycles. The molecule has 1 amide bonds. The monoisotopic (exact) mass is 462 g/mol. The highest BCUT2D eigenvalue weighted by Gasteiger charge is 2.34. The van der Waals surface area contributed by atoms with E-state index < -0.39 is 0 Å². The van der Waals surface area contributed by atoms with E-state index in [-0.39, 0.29) is 43.3 Å². The van der Waals surface area contributed by atoms with Gasteiger partial charge in [0.1, 0.15) is 24.7 Å². The molecule has 0 saturated carbocycles. The predicted octanol–water partition coefficient (Wildman–Crippen LogP) is 3.86. The third-order valence-electron chi connectivity index (χ3n) is 5.98. The lowest BCUT2D eigenvalue weighted by Crippen LogP contribution is -2.48. The lowest BCUT2D eigenvalue weighted by Gasteiger charge is -2.29. The van der Waals surface area contributed by atoms with Crippen molar-refractivity contribution in [1.82, 2.24) is 20.2 Å². The molecule has 2 saturated heterocycles. The van der Waals surface area contributed by atoms with Gasteiger partial charge in [-0.1, -0.05) is 30.3 Å². The van der Waals surface area contributed by atoms with Crippen LogP contribution in [-0.4, -0.2) is 33.6 Å². The highest BCUT2D eigenvalue weighted by Crippen LogP contribution is 2.27. The van der Waals surface area contributed by atoms with Gasteiger partial charge in [-0.05, 0) is 49.9 Å². The fourth-order valence-electron chi connectivity index (χ4n) is 4.67. The minimum Gasteiger partial charge on any atom is -0.486 e. The molecular formula is C23H28Cl2N4O2. The molecule has 5 rings (SSSR count). The number of imidazole rings is 1. The second kappa shape index (κ2) is 10.4. The normalized spacial score (nSPS) is 21.7. The number of hydrogen-bond acceptors (Lipinski definition) is 4. The fourth-order valence-corrected chi connectivity index (χ4v) is 4.67. The number of fused-ring (bicyclic) bond motifs is 3. The first-order chi connectivity index (χ1) is 14.2. The summed E-state index contributed by atoms with van der Waals surface area (Å²) in [6, 6.07) is 19.0. The lowest BCUT2D eigenvalue weighted by atomic mass is 10.00. The number of aromatic nitrogens is 2. The van der Waals surface area contributed by atoms with Gasteiger partial charge in [-0.15, -0.1) is 24.8 Å². The zero-order valence-corrected chi connectivity index (χ0v) is 18.8. The Morgan fingerprint density at radius 2 is 1.71 bits per heavy atom. The number of nitrogens with zero attached hydrogens (tertiary/aromatic N) is 2. The number of hydrogen-bond donors (Lipinski definition) is 2. The summed E-state index contributed by atoms with van der Waals surface area (Å²) < 4.78 is 7.88. The molecule has 2 aliphatic rings. The van der Waals surface area contributed by atoms with E-state index in [4.69, 9.17) is 9.72 Å². The van der Waals surface area contributed by atoms with Crippen LogP contribution in [0.3, 0.4) is 0 Å². The second-order valence-corrected chi connectivity index (χ2v) is 8.08. The lowest BCUT2D eigenvalue weighted by molar-refractivity contribution is -0.122. The summed E-state index contributed by atoms with van der Waals surface area (Å²) in [4.78, 5) is 17.6. The molecule has 0 spiro atoms. The number of nitrogens with one attached hydrogen (secondary N) is 2. The van der Waals surface area contributed by atoms with Crippen LogP contribution in [0.15, 0.2) is 54.6 Å². The van der Waals surface area contributed by atoms with E-state index >= 15 is 0 Å². The summed E-state index contributed by atoms with van der Waals surface area (Å²) in [5, 5.41) is 6.88. The van der Waals surface area contributed by atoms with Crippen LogP contribution in [-0.2, 0) is 17.9 Å². The highest BCUT2D eigenvalue weighted by atomic mass is 35.5. The summed E-state index contributed by atoms with van der Waals surface area (Å²) >= 11 is 0. The summed E-state index contributed by atoms with van der Waals surface area (Å²) in [6.45, 7) is 0.580. The molecule has 2 aliphatic heterocycles. The van der Waals surface area contributed by atoms with Gasteiger partial charge >= 0.3 is 0 Å². The quantitative estimate of drug-likeness (QED) is 0.583. The maximum Gasteiger partial charge on any atom is 0.240 e. The molecule has 2 fully saturated rings. The number of rotatable bonds is 6. The molecule has 0 radical (unpaired) electrons. The van der Waals surface area contributed by atoms with Gasteiger partial charge in [0.2, 0.25) is 5.91 Å². The molecule has 31 heavy (non-hydrogen) atoms. The summed E-state index contributed by atoms with van der Waals surface area (Å²) in [6.07, 6.45) is 4.50. The van der Waals surface area contributed by atoms with Gasteiger partial charge in [0, 0.05) is 18.1 Å². The van der Waals surface area contributed by atoms with Crippen LogP contribution in [0.25, 0.3) is 11.0 Å². The fraction of sp³-hybridized carbons (Fsp3) is 0.391. The van der Waals surface area contributed by atoms with Crippen LogP contribution in [0.2, 0.25) is 0 Å². The molecule has 2 unspecified atom stereocenters. The Hall–Kier alpha value is -2.28. The van der Waals surface area contributed by atoms with Crippen LogP contribution in [0.1, 0.15) is 31.5 Å². The third-order valence-corrected chi connectivity index (χ3v) is 5.98. The molecule has 1 aromatic heterocycles. The molecule has 6 nitrogen and oxygen atoms in total. The van der Waals surface area contributed by atoms with Gasteiger partial charge in [-0.2, -0.15) is 0 Å². The standard InChI is InChI=1S/C23H26N4O2.2ClH/c28-23(25-18-12-16-10-11-17(13-18)24-16)14-27-21-9-5-4-8-20(21)26-22(27)15-29-19-6-2-1-3-7-19;;/h1-9,16-18,24H,10-15H2,(H,25,28);2*1H.